The van der Waals surface area contributed by atoms with Gasteiger partial charge >= 0.3 is 0 Å². The van der Waals surface area contributed by atoms with Crippen LogP contribution < -0.4 is 10.6 Å². The number of piperidine rings is 1. The summed E-state index contributed by atoms with van der Waals surface area (Å²) in [6, 6.07) is 3.94. The predicted molar refractivity (Wildman–Crippen MR) is 60.6 cm³/mol. The Labute approximate surface area is 90.5 Å². The lowest BCUT2D eigenvalue weighted by atomic mass is 9.80. The Balaban J connectivity index is 2.00. The fourth-order valence-corrected chi connectivity index (χ4v) is 1.94. The van der Waals surface area contributed by atoms with Gasteiger partial charge in [0.1, 0.15) is 0 Å². The van der Waals surface area contributed by atoms with Gasteiger partial charge in [-0.15, -0.1) is 5.10 Å². The number of nitrogens with zero attached hydrogens (tertiary/aromatic N) is 3. The smallest absolute Gasteiger partial charge is 0.151 e. The van der Waals surface area contributed by atoms with Crippen molar-refractivity contribution in [3.05, 3.63) is 18.3 Å². The molecule has 2 N–H and O–H groups in total. The molecule has 0 saturated carbocycles. The summed E-state index contributed by atoms with van der Waals surface area (Å²) in [6.07, 6.45) is 3.98. The second-order valence-electron chi connectivity index (χ2n) is 4.58. The molecule has 4 nitrogen and oxygen atoms in total. The van der Waals surface area contributed by atoms with Crippen LogP contribution in [0.4, 0.5) is 5.82 Å². The monoisotopic (exact) mass is 206 g/mol. The third-order valence-corrected chi connectivity index (χ3v) is 3.35. The molecule has 4 heteroatoms. The van der Waals surface area contributed by atoms with E-state index in [4.69, 9.17) is 5.73 Å². The molecule has 0 bridgehead atoms. The van der Waals surface area contributed by atoms with Gasteiger partial charge in [0, 0.05) is 19.3 Å². The Bertz CT molecular complexity index is 304. The quantitative estimate of drug-likeness (QED) is 0.785. The summed E-state index contributed by atoms with van der Waals surface area (Å²) < 4.78 is 0. The van der Waals surface area contributed by atoms with Gasteiger partial charge in [-0.2, -0.15) is 5.10 Å². The first kappa shape index (κ1) is 10.4. The van der Waals surface area contributed by atoms with Crippen LogP contribution in [0.1, 0.15) is 19.8 Å². The minimum absolute atomic E-state index is 0.318. The van der Waals surface area contributed by atoms with Crippen LogP contribution in [0, 0.1) is 5.41 Å². The van der Waals surface area contributed by atoms with Crippen LogP contribution in [0.2, 0.25) is 0 Å². The first-order chi connectivity index (χ1) is 7.23. The third kappa shape index (κ3) is 2.26. The SMILES string of the molecule is CC1(CN)CCN(c2cccnn2)CC1. The second kappa shape index (κ2) is 4.14. The average Bonchev–Trinajstić information content (AvgIpc) is 2.31. The standard InChI is InChI=1S/C11H18N4/c1-11(9-12)4-7-15(8-5-11)10-3-2-6-13-14-10/h2-3,6H,4-5,7-9,12H2,1H3. The number of aromatic nitrogens is 2. The van der Waals surface area contributed by atoms with Crippen molar-refractivity contribution in [2.45, 2.75) is 19.8 Å². The van der Waals surface area contributed by atoms with Gasteiger partial charge in [-0.05, 0) is 36.9 Å². The minimum Gasteiger partial charge on any atom is -0.355 e. The largest absolute Gasteiger partial charge is 0.355 e. The zero-order valence-corrected chi connectivity index (χ0v) is 9.19. The highest BCUT2D eigenvalue weighted by Gasteiger charge is 2.28. The molecule has 0 amide bonds. The predicted octanol–water partition coefficient (Wildman–Crippen LogP) is 1.04. The van der Waals surface area contributed by atoms with Gasteiger partial charge in [0.15, 0.2) is 5.82 Å². The first-order valence-electron chi connectivity index (χ1n) is 5.46. The van der Waals surface area contributed by atoms with Gasteiger partial charge < -0.3 is 10.6 Å². The zero-order chi connectivity index (χ0) is 10.7. The summed E-state index contributed by atoms with van der Waals surface area (Å²) in [7, 11) is 0. The molecule has 1 fully saturated rings. The number of rotatable bonds is 2. The van der Waals surface area contributed by atoms with Crippen molar-refractivity contribution in [2.75, 3.05) is 24.5 Å². The first-order valence-corrected chi connectivity index (χ1v) is 5.46. The van der Waals surface area contributed by atoms with Crippen LogP contribution in [-0.2, 0) is 0 Å². The van der Waals surface area contributed by atoms with E-state index >= 15 is 0 Å². The summed E-state index contributed by atoms with van der Waals surface area (Å²) in [5.74, 6) is 0.983. The van der Waals surface area contributed by atoms with Crippen molar-refractivity contribution < 1.29 is 0 Å². The van der Waals surface area contributed by atoms with Gasteiger partial charge in [-0.3, -0.25) is 0 Å². The maximum Gasteiger partial charge on any atom is 0.151 e. The van der Waals surface area contributed by atoms with Gasteiger partial charge in [-0.1, -0.05) is 6.92 Å². The Kier molecular flexibility index (Phi) is 2.86. The maximum atomic E-state index is 5.78. The van der Waals surface area contributed by atoms with E-state index in [1.807, 2.05) is 12.1 Å². The van der Waals surface area contributed by atoms with Crippen LogP contribution in [0.3, 0.4) is 0 Å². The van der Waals surface area contributed by atoms with E-state index in [0.29, 0.717) is 5.41 Å². The van der Waals surface area contributed by atoms with Crippen LogP contribution in [0.25, 0.3) is 0 Å². The summed E-state index contributed by atoms with van der Waals surface area (Å²) in [5, 5.41) is 8.02. The molecule has 1 saturated heterocycles. The molecule has 0 atom stereocenters. The highest BCUT2D eigenvalue weighted by atomic mass is 15.3. The molecule has 0 aliphatic carbocycles. The van der Waals surface area contributed by atoms with Crippen LogP contribution in [0.15, 0.2) is 18.3 Å². The summed E-state index contributed by atoms with van der Waals surface area (Å²) in [5.41, 5.74) is 6.09. The molecular formula is C11H18N4. The Morgan fingerprint density at radius 2 is 2.20 bits per heavy atom. The summed E-state index contributed by atoms with van der Waals surface area (Å²) >= 11 is 0. The van der Waals surface area contributed by atoms with Crippen LogP contribution in [-0.4, -0.2) is 29.8 Å². The van der Waals surface area contributed by atoms with E-state index in [-0.39, 0.29) is 0 Å². The molecule has 0 aromatic carbocycles. The van der Waals surface area contributed by atoms with Crippen molar-refractivity contribution in [2.24, 2.45) is 11.1 Å². The van der Waals surface area contributed by atoms with Gasteiger partial charge in [0.05, 0.1) is 0 Å². The molecule has 2 heterocycles. The van der Waals surface area contributed by atoms with Gasteiger partial charge in [0.2, 0.25) is 0 Å². The van der Waals surface area contributed by atoms with E-state index in [0.717, 1.165) is 38.3 Å². The number of anilines is 1. The molecular weight excluding hydrogens is 188 g/mol. The molecule has 82 valence electrons. The van der Waals surface area contributed by atoms with Gasteiger partial charge in [-0.25, -0.2) is 0 Å². The van der Waals surface area contributed by atoms with Crippen molar-refractivity contribution >= 4 is 5.82 Å². The summed E-state index contributed by atoms with van der Waals surface area (Å²) in [4.78, 5) is 2.28. The van der Waals surface area contributed by atoms with Crippen molar-refractivity contribution in [1.82, 2.24) is 10.2 Å². The van der Waals surface area contributed by atoms with Gasteiger partial charge in [0.25, 0.3) is 0 Å². The molecule has 1 aromatic heterocycles. The topological polar surface area (TPSA) is 55.0 Å². The molecule has 0 unspecified atom stereocenters. The Morgan fingerprint density at radius 3 is 2.73 bits per heavy atom. The Morgan fingerprint density at radius 1 is 1.47 bits per heavy atom. The molecule has 1 aliphatic rings. The van der Waals surface area contributed by atoms with E-state index in [1.54, 1.807) is 6.20 Å². The van der Waals surface area contributed by atoms with Crippen molar-refractivity contribution in [3.8, 4) is 0 Å². The summed E-state index contributed by atoms with van der Waals surface area (Å²) in [6.45, 7) is 5.11. The number of nitrogens with two attached hydrogens (primary N) is 1. The van der Waals surface area contributed by atoms with Crippen LogP contribution >= 0.6 is 0 Å². The molecule has 0 spiro atoms. The average molecular weight is 206 g/mol. The second-order valence-corrected chi connectivity index (χ2v) is 4.58. The van der Waals surface area contributed by atoms with Crippen LogP contribution in [0.5, 0.6) is 0 Å². The molecule has 15 heavy (non-hydrogen) atoms. The van der Waals surface area contributed by atoms with E-state index in [1.165, 1.54) is 0 Å². The lowest BCUT2D eigenvalue weighted by Crippen LogP contribution is -2.42. The fourth-order valence-electron chi connectivity index (χ4n) is 1.94. The minimum atomic E-state index is 0.318. The van der Waals surface area contributed by atoms with Crippen molar-refractivity contribution in [3.63, 3.8) is 0 Å². The molecule has 1 aliphatic heterocycles. The Hall–Kier alpha value is -1.16. The highest BCUT2D eigenvalue weighted by Crippen LogP contribution is 2.30. The normalized spacial score (nSPS) is 20.3. The van der Waals surface area contributed by atoms with Crippen molar-refractivity contribution in [1.29, 1.82) is 0 Å². The fraction of sp³-hybridized carbons (Fsp3) is 0.636. The lowest BCUT2D eigenvalue weighted by molar-refractivity contribution is 0.257. The third-order valence-electron chi connectivity index (χ3n) is 3.35. The number of hydrogen-bond acceptors (Lipinski definition) is 4. The van der Waals surface area contributed by atoms with E-state index < -0.39 is 0 Å². The zero-order valence-electron chi connectivity index (χ0n) is 9.19. The maximum absolute atomic E-state index is 5.78. The molecule has 2 rings (SSSR count). The molecule has 0 radical (unpaired) electrons. The number of hydrogen-bond donors (Lipinski definition) is 1. The van der Waals surface area contributed by atoms with E-state index in [9.17, 15) is 0 Å². The van der Waals surface area contributed by atoms with E-state index in [2.05, 4.69) is 22.0 Å². The molecule has 1 aromatic rings. The lowest BCUT2D eigenvalue weighted by Gasteiger charge is -2.38. The highest BCUT2D eigenvalue weighted by molar-refractivity contribution is 5.36.